The average molecular weight is 347 g/mol. The highest BCUT2D eigenvalue weighted by atomic mass is 19.4. The van der Waals surface area contributed by atoms with Crippen LogP contribution in [0.5, 0.6) is 0 Å². The van der Waals surface area contributed by atoms with E-state index in [-0.39, 0.29) is 44.1 Å². The van der Waals surface area contributed by atoms with Crippen LogP contribution in [-0.2, 0) is 11.2 Å². The number of carbonyl (C=O) groups excluding carboxylic acids is 1. The van der Waals surface area contributed by atoms with Crippen LogP contribution in [0.2, 0.25) is 0 Å². The van der Waals surface area contributed by atoms with Gasteiger partial charge in [0.05, 0.1) is 0 Å². The van der Waals surface area contributed by atoms with E-state index in [4.69, 9.17) is 0 Å². The quantitative estimate of drug-likeness (QED) is 0.850. The van der Waals surface area contributed by atoms with Crippen LogP contribution in [-0.4, -0.2) is 41.3 Å². The van der Waals surface area contributed by atoms with Crippen LogP contribution in [0.4, 0.5) is 17.6 Å². The van der Waals surface area contributed by atoms with Gasteiger partial charge in [0.25, 0.3) is 0 Å². The Balaban J connectivity index is 1.89. The first-order valence-electron chi connectivity index (χ1n) is 7.97. The number of likely N-dealkylation sites (tertiary alicyclic amines) is 1. The molecule has 134 valence electrons. The van der Waals surface area contributed by atoms with Gasteiger partial charge >= 0.3 is 6.18 Å². The van der Waals surface area contributed by atoms with Crippen molar-refractivity contribution in [3.8, 4) is 0 Å². The maximum Gasteiger partial charge on any atom is 0.414 e. The summed E-state index contributed by atoms with van der Waals surface area (Å²) in [6, 6.07) is 6.21. The van der Waals surface area contributed by atoms with Gasteiger partial charge in [0, 0.05) is 19.0 Å². The number of rotatable bonds is 4. The molecule has 0 aromatic heterocycles. The van der Waals surface area contributed by atoms with E-state index in [0.29, 0.717) is 5.56 Å². The normalized spacial score (nSPS) is 19.2. The number of amides is 1. The van der Waals surface area contributed by atoms with Crippen molar-refractivity contribution in [1.29, 1.82) is 0 Å². The van der Waals surface area contributed by atoms with E-state index in [1.807, 2.05) is 0 Å². The highest BCUT2D eigenvalue weighted by Gasteiger charge is 2.44. The fraction of sp³-hybridized carbons (Fsp3) is 0.588. The zero-order chi connectivity index (χ0) is 17.9. The molecule has 0 saturated carbocycles. The van der Waals surface area contributed by atoms with Gasteiger partial charge in [0.1, 0.15) is 5.82 Å². The maximum atomic E-state index is 13.6. The second kappa shape index (κ2) is 7.51. The average Bonchev–Trinajstić information content (AvgIpc) is 2.55. The SMILES string of the molecule is CC(Cc1ccccc1F)C(=O)N1CCC(C(O)C(F)(F)F)CC1. The molecule has 0 spiro atoms. The Labute approximate surface area is 138 Å². The van der Waals surface area contributed by atoms with Crippen LogP contribution in [0.25, 0.3) is 0 Å². The summed E-state index contributed by atoms with van der Waals surface area (Å²) in [5, 5.41) is 9.30. The lowest BCUT2D eigenvalue weighted by Gasteiger charge is -2.36. The van der Waals surface area contributed by atoms with Gasteiger partial charge in [-0.3, -0.25) is 4.79 Å². The van der Waals surface area contributed by atoms with Crippen molar-refractivity contribution in [3.05, 3.63) is 35.6 Å². The van der Waals surface area contributed by atoms with Gasteiger partial charge in [-0.1, -0.05) is 25.1 Å². The Morgan fingerprint density at radius 2 is 1.88 bits per heavy atom. The van der Waals surface area contributed by atoms with Crippen LogP contribution < -0.4 is 0 Å². The Morgan fingerprint density at radius 1 is 1.29 bits per heavy atom. The number of aliphatic hydroxyl groups excluding tert-OH is 1. The molecule has 1 saturated heterocycles. The van der Waals surface area contributed by atoms with Crippen molar-refractivity contribution in [3.63, 3.8) is 0 Å². The Kier molecular flexibility index (Phi) is 5.85. The Hall–Kier alpha value is -1.63. The van der Waals surface area contributed by atoms with Crippen molar-refractivity contribution in [2.75, 3.05) is 13.1 Å². The third-order valence-corrected chi connectivity index (χ3v) is 4.54. The van der Waals surface area contributed by atoms with Gasteiger partial charge in [0.15, 0.2) is 6.10 Å². The van der Waals surface area contributed by atoms with Crippen LogP contribution in [0.3, 0.4) is 0 Å². The van der Waals surface area contributed by atoms with Gasteiger partial charge in [-0.25, -0.2) is 4.39 Å². The lowest BCUT2D eigenvalue weighted by atomic mass is 9.90. The predicted octanol–water partition coefficient (Wildman–Crippen LogP) is 3.17. The number of hydrogen-bond donors (Lipinski definition) is 1. The number of piperidine rings is 1. The largest absolute Gasteiger partial charge is 0.414 e. The fourth-order valence-electron chi connectivity index (χ4n) is 3.10. The first kappa shape index (κ1) is 18.7. The highest BCUT2D eigenvalue weighted by molar-refractivity contribution is 5.78. The molecule has 1 aliphatic heterocycles. The smallest absolute Gasteiger partial charge is 0.383 e. The van der Waals surface area contributed by atoms with Crippen LogP contribution >= 0.6 is 0 Å². The minimum atomic E-state index is -4.63. The minimum absolute atomic E-state index is 0.110. The van der Waals surface area contributed by atoms with E-state index >= 15 is 0 Å². The molecule has 7 heteroatoms. The first-order valence-corrected chi connectivity index (χ1v) is 7.97. The standard InChI is InChI=1S/C17H21F4NO2/c1-11(10-13-4-2-3-5-14(13)18)16(24)22-8-6-12(7-9-22)15(23)17(19,20)21/h2-5,11-12,15,23H,6-10H2,1H3. The molecule has 2 atom stereocenters. The molecular weight excluding hydrogens is 326 g/mol. The van der Waals surface area contributed by atoms with Gasteiger partial charge < -0.3 is 10.0 Å². The third-order valence-electron chi connectivity index (χ3n) is 4.54. The lowest BCUT2D eigenvalue weighted by molar-refractivity contribution is -0.223. The summed E-state index contributed by atoms with van der Waals surface area (Å²) in [5.74, 6) is -1.90. The summed E-state index contributed by atoms with van der Waals surface area (Å²) in [6.07, 6.45) is -6.51. The summed E-state index contributed by atoms with van der Waals surface area (Å²) in [6.45, 7) is 2.04. The summed E-state index contributed by atoms with van der Waals surface area (Å²) in [4.78, 5) is 13.9. The van der Waals surface area contributed by atoms with Crippen molar-refractivity contribution < 1.29 is 27.5 Å². The second-order valence-electron chi connectivity index (χ2n) is 6.35. The number of halogens is 4. The third kappa shape index (κ3) is 4.47. The van der Waals surface area contributed by atoms with Crippen molar-refractivity contribution in [1.82, 2.24) is 4.90 Å². The fourth-order valence-corrected chi connectivity index (χ4v) is 3.10. The summed E-state index contributed by atoms with van der Waals surface area (Å²) in [7, 11) is 0. The molecule has 1 amide bonds. The Morgan fingerprint density at radius 3 is 2.42 bits per heavy atom. The molecular formula is C17H21F4NO2. The topological polar surface area (TPSA) is 40.5 Å². The van der Waals surface area contributed by atoms with Crippen LogP contribution in [0, 0.1) is 17.7 Å². The number of alkyl halides is 3. The summed E-state index contributed by atoms with van der Waals surface area (Å²) >= 11 is 0. The van der Waals surface area contributed by atoms with Crippen molar-refractivity contribution in [2.45, 2.75) is 38.5 Å². The van der Waals surface area contributed by atoms with E-state index in [9.17, 15) is 27.5 Å². The second-order valence-corrected chi connectivity index (χ2v) is 6.35. The maximum absolute atomic E-state index is 13.6. The number of benzene rings is 1. The van der Waals surface area contributed by atoms with E-state index in [0.717, 1.165) is 0 Å². The van der Waals surface area contributed by atoms with Gasteiger partial charge in [0.2, 0.25) is 5.91 Å². The number of hydrogen-bond acceptors (Lipinski definition) is 2. The number of carbonyl (C=O) groups is 1. The minimum Gasteiger partial charge on any atom is -0.383 e. The number of aliphatic hydroxyl groups is 1. The van der Waals surface area contributed by atoms with Crippen molar-refractivity contribution in [2.24, 2.45) is 11.8 Å². The molecule has 1 heterocycles. The molecule has 0 radical (unpaired) electrons. The monoisotopic (exact) mass is 347 g/mol. The van der Waals surface area contributed by atoms with Gasteiger partial charge in [-0.2, -0.15) is 13.2 Å². The summed E-state index contributed by atoms with van der Waals surface area (Å²) in [5.41, 5.74) is 0.445. The van der Waals surface area contributed by atoms with Crippen LogP contribution in [0.1, 0.15) is 25.3 Å². The predicted molar refractivity (Wildman–Crippen MR) is 80.6 cm³/mol. The van der Waals surface area contributed by atoms with E-state index < -0.39 is 24.1 Å². The zero-order valence-corrected chi connectivity index (χ0v) is 13.4. The van der Waals surface area contributed by atoms with E-state index in [1.165, 1.54) is 11.0 Å². The van der Waals surface area contributed by atoms with Crippen LogP contribution in [0.15, 0.2) is 24.3 Å². The molecule has 2 rings (SSSR count). The molecule has 0 bridgehead atoms. The Bertz CT molecular complexity index is 568. The zero-order valence-electron chi connectivity index (χ0n) is 13.4. The molecule has 3 nitrogen and oxygen atoms in total. The molecule has 1 aromatic carbocycles. The molecule has 1 N–H and O–H groups in total. The molecule has 2 unspecified atom stereocenters. The molecule has 0 aliphatic carbocycles. The number of nitrogens with zero attached hydrogens (tertiary/aromatic N) is 1. The highest BCUT2D eigenvalue weighted by Crippen LogP contribution is 2.32. The molecule has 1 fully saturated rings. The van der Waals surface area contributed by atoms with Gasteiger partial charge in [-0.15, -0.1) is 0 Å². The van der Waals surface area contributed by atoms with E-state index in [2.05, 4.69) is 0 Å². The van der Waals surface area contributed by atoms with E-state index in [1.54, 1.807) is 25.1 Å². The molecule has 1 aromatic rings. The molecule has 24 heavy (non-hydrogen) atoms. The lowest BCUT2D eigenvalue weighted by Crippen LogP contribution is -2.46. The first-order chi connectivity index (χ1) is 11.2. The molecule has 1 aliphatic rings. The summed E-state index contributed by atoms with van der Waals surface area (Å²) < 4.78 is 51.2. The van der Waals surface area contributed by atoms with Gasteiger partial charge in [-0.05, 0) is 36.8 Å². The van der Waals surface area contributed by atoms with Crippen molar-refractivity contribution >= 4 is 5.91 Å².